The molecule has 1 saturated heterocycles. The Hall–Kier alpha value is -1.75. The Morgan fingerprint density at radius 1 is 1.08 bits per heavy atom. The van der Waals surface area contributed by atoms with Crippen molar-refractivity contribution >= 4 is 0 Å². The Kier molecular flexibility index (Phi) is 6.56. The first-order valence-corrected chi connectivity index (χ1v) is 9.28. The minimum Gasteiger partial charge on any atom is -0.396 e. The smallest absolute Gasteiger partial charge is 0.0547 e. The van der Waals surface area contributed by atoms with Crippen LogP contribution in [0.1, 0.15) is 23.4 Å². The number of aryl methyl sites for hydroxylation is 1. The second kappa shape index (κ2) is 9.09. The summed E-state index contributed by atoms with van der Waals surface area (Å²) in [7, 11) is 0. The molecule has 1 unspecified atom stereocenters. The molecule has 2 aromatic rings. The summed E-state index contributed by atoms with van der Waals surface area (Å²) in [5.74, 6) is 0. The molecule has 0 saturated carbocycles. The van der Waals surface area contributed by atoms with Crippen LogP contribution >= 0.6 is 0 Å². The Balaban J connectivity index is 1.56. The lowest BCUT2D eigenvalue weighted by molar-refractivity contribution is 0.0556. The predicted octanol–water partition coefficient (Wildman–Crippen LogP) is 2.50. The summed E-state index contributed by atoms with van der Waals surface area (Å²) in [4.78, 5) is 9.65. The number of benzene rings is 1. The van der Waals surface area contributed by atoms with Gasteiger partial charge >= 0.3 is 0 Å². The van der Waals surface area contributed by atoms with Crippen molar-refractivity contribution in [1.82, 2.24) is 14.8 Å². The van der Waals surface area contributed by atoms with Crippen molar-refractivity contribution in [3.63, 3.8) is 0 Å². The van der Waals surface area contributed by atoms with E-state index in [9.17, 15) is 5.11 Å². The third-order valence-electron chi connectivity index (χ3n) is 5.01. The second-order valence-electron chi connectivity index (χ2n) is 6.94. The van der Waals surface area contributed by atoms with E-state index in [4.69, 9.17) is 0 Å². The molecule has 4 heteroatoms. The lowest BCUT2D eigenvalue weighted by Gasteiger charge is -2.41. The van der Waals surface area contributed by atoms with Crippen LogP contribution in [0.15, 0.2) is 48.5 Å². The van der Waals surface area contributed by atoms with Crippen LogP contribution in [0, 0.1) is 6.92 Å². The van der Waals surface area contributed by atoms with Crippen LogP contribution in [0.3, 0.4) is 0 Å². The van der Waals surface area contributed by atoms with Crippen molar-refractivity contribution in [2.24, 2.45) is 0 Å². The van der Waals surface area contributed by atoms with E-state index in [1.54, 1.807) is 0 Å². The molecule has 25 heavy (non-hydrogen) atoms. The van der Waals surface area contributed by atoms with Crippen LogP contribution in [-0.4, -0.2) is 58.7 Å². The van der Waals surface area contributed by atoms with Gasteiger partial charge in [0.1, 0.15) is 0 Å². The molecule has 1 atom stereocenters. The molecule has 0 aliphatic carbocycles. The highest BCUT2D eigenvalue weighted by molar-refractivity contribution is 5.15. The quantitative estimate of drug-likeness (QED) is 0.841. The van der Waals surface area contributed by atoms with Gasteiger partial charge in [0.05, 0.1) is 5.69 Å². The zero-order valence-corrected chi connectivity index (χ0v) is 15.1. The van der Waals surface area contributed by atoms with E-state index in [1.807, 2.05) is 13.0 Å². The number of hydrogen-bond donors (Lipinski definition) is 1. The maximum Gasteiger partial charge on any atom is 0.0547 e. The van der Waals surface area contributed by atoms with Crippen molar-refractivity contribution in [2.45, 2.75) is 32.4 Å². The molecular weight excluding hydrogens is 310 g/mol. The molecular formula is C21H29N3O. The van der Waals surface area contributed by atoms with Gasteiger partial charge in [-0.2, -0.15) is 0 Å². The average molecular weight is 339 g/mol. The first-order valence-electron chi connectivity index (χ1n) is 9.28. The van der Waals surface area contributed by atoms with Crippen LogP contribution in [0.2, 0.25) is 0 Å². The molecule has 2 heterocycles. The van der Waals surface area contributed by atoms with Crippen molar-refractivity contribution < 1.29 is 5.11 Å². The van der Waals surface area contributed by atoms with Crippen molar-refractivity contribution in [2.75, 3.05) is 32.8 Å². The number of piperazine rings is 1. The van der Waals surface area contributed by atoms with Gasteiger partial charge in [0.25, 0.3) is 0 Å². The molecule has 134 valence electrons. The highest BCUT2D eigenvalue weighted by atomic mass is 16.3. The first-order chi connectivity index (χ1) is 12.2. The summed E-state index contributed by atoms with van der Waals surface area (Å²) in [6.45, 7) is 7.38. The van der Waals surface area contributed by atoms with Gasteiger partial charge in [-0.1, -0.05) is 36.4 Å². The van der Waals surface area contributed by atoms with Gasteiger partial charge in [-0.25, -0.2) is 0 Å². The van der Waals surface area contributed by atoms with Gasteiger partial charge in [0, 0.05) is 51.1 Å². The monoisotopic (exact) mass is 339 g/mol. The molecule has 0 radical (unpaired) electrons. The minimum absolute atomic E-state index is 0.253. The normalized spacial score (nSPS) is 19.2. The molecule has 1 fully saturated rings. The van der Waals surface area contributed by atoms with Crippen LogP contribution in [0.5, 0.6) is 0 Å². The van der Waals surface area contributed by atoms with Crippen molar-refractivity contribution in [1.29, 1.82) is 0 Å². The number of aromatic nitrogens is 1. The zero-order valence-electron chi connectivity index (χ0n) is 15.1. The number of rotatable bonds is 7. The van der Waals surface area contributed by atoms with E-state index < -0.39 is 0 Å². The molecule has 0 spiro atoms. The van der Waals surface area contributed by atoms with E-state index in [-0.39, 0.29) is 6.61 Å². The molecule has 1 aliphatic heterocycles. The Bertz CT molecular complexity index is 647. The molecule has 0 amide bonds. The second-order valence-corrected chi connectivity index (χ2v) is 6.94. The topological polar surface area (TPSA) is 39.6 Å². The van der Waals surface area contributed by atoms with Gasteiger partial charge in [0.15, 0.2) is 0 Å². The zero-order chi connectivity index (χ0) is 17.5. The summed E-state index contributed by atoms with van der Waals surface area (Å²) in [6, 6.07) is 17.3. The Morgan fingerprint density at radius 2 is 1.92 bits per heavy atom. The highest BCUT2D eigenvalue weighted by Crippen LogP contribution is 2.16. The average Bonchev–Trinajstić information content (AvgIpc) is 2.62. The highest BCUT2D eigenvalue weighted by Gasteiger charge is 2.26. The van der Waals surface area contributed by atoms with Gasteiger partial charge in [0.2, 0.25) is 0 Å². The van der Waals surface area contributed by atoms with Gasteiger partial charge in [-0.3, -0.25) is 14.8 Å². The van der Waals surface area contributed by atoms with E-state index >= 15 is 0 Å². The third-order valence-corrected chi connectivity index (χ3v) is 5.01. The maximum atomic E-state index is 9.48. The number of hydrogen-bond acceptors (Lipinski definition) is 4. The summed E-state index contributed by atoms with van der Waals surface area (Å²) in [6.07, 6.45) is 1.91. The molecule has 1 aliphatic rings. The molecule has 1 aromatic carbocycles. The largest absolute Gasteiger partial charge is 0.396 e. The van der Waals surface area contributed by atoms with Crippen molar-refractivity contribution in [3.8, 4) is 0 Å². The van der Waals surface area contributed by atoms with E-state index in [1.165, 1.54) is 5.56 Å². The number of pyridine rings is 1. The minimum atomic E-state index is 0.253. The standard InChI is InChI=1S/C21H29N3O/c1-18-6-5-9-20(22-18)16-23-13-14-24(21(17-23)11-15-25)12-10-19-7-3-2-4-8-19/h2-9,21,25H,10-17H2,1H3. The van der Waals surface area contributed by atoms with E-state index in [0.29, 0.717) is 6.04 Å². The van der Waals surface area contributed by atoms with Crippen LogP contribution < -0.4 is 0 Å². The van der Waals surface area contributed by atoms with Gasteiger partial charge < -0.3 is 5.11 Å². The van der Waals surface area contributed by atoms with Crippen molar-refractivity contribution in [3.05, 3.63) is 65.5 Å². The number of nitrogens with zero attached hydrogens (tertiary/aromatic N) is 3. The lowest BCUT2D eigenvalue weighted by atomic mass is 10.1. The fraction of sp³-hybridized carbons (Fsp3) is 0.476. The molecule has 4 nitrogen and oxygen atoms in total. The van der Waals surface area contributed by atoms with Crippen LogP contribution in [-0.2, 0) is 13.0 Å². The SMILES string of the molecule is Cc1cccc(CN2CCN(CCc3ccccc3)C(CCO)C2)n1. The lowest BCUT2D eigenvalue weighted by Crippen LogP contribution is -2.53. The van der Waals surface area contributed by atoms with Gasteiger partial charge in [-0.05, 0) is 37.5 Å². The molecule has 3 rings (SSSR count). The third kappa shape index (κ3) is 5.36. The van der Waals surface area contributed by atoms with E-state index in [0.717, 1.165) is 57.0 Å². The van der Waals surface area contributed by atoms with Gasteiger partial charge in [-0.15, -0.1) is 0 Å². The fourth-order valence-corrected chi connectivity index (χ4v) is 3.65. The van der Waals surface area contributed by atoms with Crippen LogP contribution in [0.4, 0.5) is 0 Å². The maximum absolute atomic E-state index is 9.48. The molecule has 0 bridgehead atoms. The Morgan fingerprint density at radius 3 is 2.68 bits per heavy atom. The molecule has 1 aromatic heterocycles. The summed E-state index contributed by atoms with van der Waals surface area (Å²) in [5, 5.41) is 9.48. The van der Waals surface area contributed by atoms with Crippen LogP contribution in [0.25, 0.3) is 0 Å². The molecule has 1 N–H and O–H groups in total. The summed E-state index contributed by atoms with van der Waals surface area (Å²) >= 11 is 0. The first kappa shape index (κ1) is 18.1. The number of aliphatic hydroxyl groups excluding tert-OH is 1. The number of aliphatic hydroxyl groups is 1. The summed E-state index contributed by atoms with van der Waals surface area (Å²) in [5.41, 5.74) is 3.60. The Labute approximate surface area is 151 Å². The summed E-state index contributed by atoms with van der Waals surface area (Å²) < 4.78 is 0. The fourth-order valence-electron chi connectivity index (χ4n) is 3.65. The predicted molar refractivity (Wildman–Crippen MR) is 101 cm³/mol. The van der Waals surface area contributed by atoms with E-state index in [2.05, 4.69) is 57.2 Å².